The second-order valence-corrected chi connectivity index (χ2v) is 0. The van der Waals surface area contributed by atoms with Crippen molar-refractivity contribution in [2.45, 2.75) is 0 Å². The van der Waals surface area contributed by atoms with E-state index >= 15 is 0 Å². The van der Waals surface area contributed by atoms with Gasteiger partial charge in [0.25, 0.3) is 0 Å². The maximum atomic E-state index is 6.25. The maximum Gasteiger partial charge on any atom is 3.00 e. The zero-order valence-corrected chi connectivity index (χ0v) is 7.78. The van der Waals surface area contributed by atoms with Gasteiger partial charge in [-0.15, -0.1) is 0 Å². The second kappa shape index (κ2) is 101000. The largest absolute Gasteiger partial charge is 3.00 e. The van der Waals surface area contributed by atoms with Gasteiger partial charge in [-0.1, -0.05) is 0 Å². The fraction of sp³-hybridized carbons (Fsp3) is 0. The van der Waals surface area contributed by atoms with Crippen LogP contribution in [0.25, 0.3) is 0 Å². The Morgan fingerprint density at radius 2 is 0.625 bits per heavy atom. The summed E-state index contributed by atoms with van der Waals surface area (Å²) in [6.45, 7) is 14.2. The molecule has 0 aromatic rings. The van der Waals surface area contributed by atoms with Crippen molar-refractivity contribution in [2.75, 3.05) is 0 Å². The molecule has 0 saturated carbocycles. The first kappa shape index (κ1) is 44.1. The molecule has 0 amide bonds. The standard InChI is InChI=1S/3CN.2Au/c3*1-2;;/q3*-1;;+3. The van der Waals surface area contributed by atoms with Gasteiger partial charge in [0.05, 0.1) is 0 Å². The van der Waals surface area contributed by atoms with Crippen LogP contribution in [0.4, 0.5) is 0 Å². The molecule has 0 N–H and O–H groups in total. The zero-order chi connectivity index (χ0) is 6.00. The summed E-state index contributed by atoms with van der Waals surface area (Å²) in [7, 11) is 0. The van der Waals surface area contributed by atoms with Crippen LogP contribution in [0.15, 0.2) is 0 Å². The summed E-state index contributed by atoms with van der Waals surface area (Å²) in [6, 6.07) is 0. The van der Waals surface area contributed by atoms with Gasteiger partial charge >= 0.3 is 22.4 Å². The normalized spacial score (nSPS) is 0.750. The molecule has 0 bridgehead atoms. The van der Waals surface area contributed by atoms with Gasteiger partial charge in [0.1, 0.15) is 0 Å². The molecule has 3 nitrogen and oxygen atoms in total. The van der Waals surface area contributed by atoms with E-state index in [1.165, 1.54) is 0 Å². The molecule has 0 fully saturated rings. The Kier molecular flexibility index (Phi) is 554000. The molecule has 0 spiro atoms. The van der Waals surface area contributed by atoms with Crippen molar-refractivity contribution in [3.8, 4) is 0 Å². The number of hydrogen-bond acceptors (Lipinski definition) is 3. The molecular weight excluding hydrogens is 472 g/mol. The molecule has 0 unspecified atom stereocenters. The minimum atomic E-state index is 0. The topological polar surface area (TPSA) is 71.4 Å². The van der Waals surface area contributed by atoms with E-state index in [-0.39, 0.29) is 44.8 Å². The van der Waals surface area contributed by atoms with Crippen LogP contribution in [0.1, 0.15) is 0 Å². The van der Waals surface area contributed by atoms with E-state index in [0.717, 1.165) is 0 Å². The Hall–Kier alpha value is -0.0495. The fourth-order valence-electron chi connectivity index (χ4n) is 0. The van der Waals surface area contributed by atoms with E-state index in [1.807, 2.05) is 0 Å². The summed E-state index contributed by atoms with van der Waals surface area (Å²) >= 11 is 0. The molecule has 0 saturated heterocycles. The Labute approximate surface area is 79.9 Å². The first-order valence-electron chi connectivity index (χ1n) is 0.671. The van der Waals surface area contributed by atoms with Crippen LogP contribution in [0, 0.1) is 35.5 Å². The summed E-state index contributed by atoms with van der Waals surface area (Å²) < 4.78 is 0. The first-order valence-corrected chi connectivity index (χ1v) is 0.671. The van der Waals surface area contributed by atoms with E-state index in [0.29, 0.717) is 0 Å². The molecule has 0 aliphatic carbocycles. The van der Waals surface area contributed by atoms with Crippen LogP contribution < -0.4 is 0 Å². The van der Waals surface area contributed by atoms with E-state index in [9.17, 15) is 0 Å². The van der Waals surface area contributed by atoms with Gasteiger partial charge in [0.2, 0.25) is 0 Å². The molecule has 0 aliphatic heterocycles. The Bertz CT molecular complexity index is 41.0. The predicted octanol–water partition coefficient (Wildman–Crippen LogP) is 0.284. The first-order chi connectivity index (χ1) is 3.00. The summed E-state index contributed by atoms with van der Waals surface area (Å²) in [6.07, 6.45) is 0. The SMILES string of the molecule is [Au+3].[Au].[C-]#N.[C-]#N.[C-]#N. The minimum Gasteiger partial charge on any atom is -0.512 e. The van der Waals surface area contributed by atoms with Crippen LogP contribution >= 0.6 is 0 Å². The second-order valence-electron chi connectivity index (χ2n) is 0. The van der Waals surface area contributed by atoms with Gasteiger partial charge in [-0.3, -0.25) is 0 Å². The smallest absolute Gasteiger partial charge is 0.512 e. The molecule has 1 radical (unpaired) electrons. The van der Waals surface area contributed by atoms with E-state index in [2.05, 4.69) is 0 Å². The van der Waals surface area contributed by atoms with Crippen LogP contribution in [0.3, 0.4) is 0 Å². The molecule has 0 aromatic carbocycles. The summed E-state index contributed by atoms with van der Waals surface area (Å²) in [4.78, 5) is 0. The fourth-order valence-corrected chi connectivity index (χ4v) is 0. The van der Waals surface area contributed by atoms with Crippen molar-refractivity contribution >= 4 is 0 Å². The van der Waals surface area contributed by atoms with Crippen molar-refractivity contribution in [2.24, 2.45) is 0 Å². The van der Waals surface area contributed by atoms with Gasteiger partial charge in [0.15, 0.2) is 0 Å². The predicted molar refractivity (Wildman–Crippen MR) is 14.9 cm³/mol. The average Bonchev–Trinajstić information content (AvgIpc) is 1.81. The monoisotopic (exact) mass is 472 g/mol. The van der Waals surface area contributed by atoms with Gasteiger partial charge in [0, 0.05) is 22.4 Å². The molecule has 0 rings (SSSR count). The zero-order valence-electron chi connectivity index (χ0n) is 3.44. The molecule has 0 aliphatic rings. The molecule has 0 aromatic heterocycles. The number of nitrogens with zero attached hydrogens (tertiary/aromatic N) is 3. The quantitative estimate of drug-likeness (QED) is 0.376. The Balaban J connectivity index is -0.00000000500. The molecule has 0 heterocycles. The van der Waals surface area contributed by atoms with E-state index < -0.39 is 0 Å². The molecule has 0 atom stereocenters. The molecule has 8 heavy (non-hydrogen) atoms. The van der Waals surface area contributed by atoms with Crippen molar-refractivity contribution < 1.29 is 44.8 Å². The third-order valence-corrected chi connectivity index (χ3v) is 0. The average molecular weight is 472 g/mol. The van der Waals surface area contributed by atoms with Crippen LogP contribution in [-0.2, 0) is 44.8 Å². The van der Waals surface area contributed by atoms with Gasteiger partial charge in [-0.05, 0) is 0 Å². The van der Waals surface area contributed by atoms with E-state index in [1.54, 1.807) is 0 Å². The summed E-state index contributed by atoms with van der Waals surface area (Å²) in [5.41, 5.74) is 0. The summed E-state index contributed by atoms with van der Waals surface area (Å²) in [5, 5.41) is 18.8. The van der Waals surface area contributed by atoms with Crippen LogP contribution in [0.2, 0.25) is 0 Å². The Morgan fingerprint density at radius 1 is 0.625 bits per heavy atom. The minimum absolute atomic E-state index is 0. The number of rotatable bonds is 0. The van der Waals surface area contributed by atoms with Gasteiger partial charge in [-0.25, -0.2) is 0 Å². The van der Waals surface area contributed by atoms with E-state index in [4.69, 9.17) is 35.5 Å². The third-order valence-electron chi connectivity index (χ3n) is 0. The van der Waals surface area contributed by atoms with Gasteiger partial charge < -0.3 is 35.5 Å². The number of hydrogen-bond donors (Lipinski definition) is 0. The maximum absolute atomic E-state index is 6.25. The van der Waals surface area contributed by atoms with Crippen LogP contribution in [0.5, 0.6) is 0 Å². The molecule has 5 heteroatoms. The van der Waals surface area contributed by atoms with Gasteiger partial charge in [-0.2, -0.15) is 0 Å². The molecule has 49 valence electrons. The van der Waals surface area contributed by atoms with Crippen molar-refractivity contribution in [1.82, 2.24) is 0 Å². The van der Waals surface area contributed by atoms with Crippen molar-refractivity contribution in [3.05, 3.63) is 19.7 Å². The Morgan fingerprint density at radius 3 is 0.625 bits per heavy atom. The van der Waals surface area contributed by atoms with Crippen LogP contribution in [-0.4, -0.2) is 0 Å². The van der Waals surface area contributed by atoms with Crippen molar-refractivity contribution in [1.29, 1.82) is 15.8 Å². The third kappa shape index (κ3) is 59600. The molecular formula is C3Au2N3. The van der Waals surface area contributed by atoms with Crippen molar-refractivity contribution in [3.63, 3.8) is 0 Å². The summed E-state index contributed by atoms with van der Waals surface area (Å²) in [5.74, 6) is 0.